The molecule has 4 heteroatoms. The SMILES string of the molecule is NCC1(NC(=O)COc2ccccc2)CCCCC1. The van der Waals surface area contributed by atoms with Crippen LogP contribution in [0.25, 0.3) is 0 Å². The average molecular weight is 262 g/mol. The summed E-state index contributed by atoms with van der Waals surface area (Å²) in [5.41, 5.74) is 5.63. The van der Waals surface area contributed by atoms with Crippen molar-refractivity contribution in [2.24, 2.45) is 5.73 Å². The highest BCUT2D eigenvalue weighted by Gasteiger charge is 2.32. The third-order valence-corrected chi connectivity index (χ3v) is 3.72. The van der Waals surface area contributed by atoms with Gasteiger partial charge in [0.2, 0.25) is 0 Å². The normalized spacial score (nSPS) is 17.7. The van der Waals surface area contributed by atoms with Crippen LogP contribution < -0.4 is 15.8 Å². The fraction of sp³-hybridized carbons (Fsp3) is 0.533. The van der Waals surface area contributed by atoms with Gasteiger partial charge in [0.15, 0.2) is 6.61 Å². The van der Waals surface area contributed by atoms with Gasteiger partial charge in [-0.15, -0.1) is 0 Å². The predicted octanol–water partition coefficient (Wildman–Crippen LogP) is 1.84. The van der Waals surface area contributed by atoms with E-state index in [1.165, 1.54) is 6.42 Å². The smallest absolute Gasteiger partial charge is 0.258 e. The van der Waals surface area contributed by atoms with E-state index < -0.39 is 0 Å². The summed E-state index contributed by atoms with van der Waals surface area (Å²) in [7, 11) is 0. The second kappa shape index (κ2) is 6.57. The number of amides is 1. The minimum absolute atomic E-state index is 0.0474. The molecule has 1 amide bonds. The molecule has 1 aromatic carbocycles. The van der Waals surface area contributed by atoms with Crippen LogP contribution in [-0.2, 0) is 4.79 Å². The number of hydrogen-bond donors (Lipinski definition) is 2. The Hall–Kier alpha value is -1.55. The van der Waals surface area contributed by atoms with E-state index in [4.69, 9.17) is 10.5 Å². The van der Waals surface area contributed by atoms with Crippen molar-refractivity contribution in [3.8, 4) is 5.75 Å². The lowest BCUT2D eigenvalue weighted by Gasteiger charge is -2.37. The number of hydrogen-bond acceptors (Lipinski definition) is 3. The topological polar surface area (TPSA) is 64.3 Å². The number of carbonyl (C=O) groups excluding carboxylic acids is 1. The molecule has 1 aliphatic carbocycles. The first-order valence-corrected chi connectivity index (χ1v) is 6.93. The fourth-order valence-electron chi connectivity index (χ4n) is 2.61. The monoisotopic (exact) mass is 262 g/mol. The molecule has 0 radical (unpaired) electrons. The standard InChI is InChI=1S/C15H22N2O2/c16-12-15(9-5-2-6-10-15)17-14(18)11-19-13-7-3-1-4-8-13/h1,3-4,7-8H,2,5-6,9-12,16H2,(H,17,18). The number of carbonyl (C=O) groups is 1. The number of para-hydroxylation sites is 1. The van der Waals surface area contributed by atoms with Crippen molar-refractivity contribution < 1.29 is 9.53 Å². The Balaban J connectivity index is 1.83. The Labute approximate surface area is 114 Å². The van der Waals surface area contributed by atoms with Gasteiger partial charge in [-0.1, -0.05) is 37.5 Å². The number of nitrogens with two attached hydrogens (primary N) is 1. The Morgan fingerprint density at radius 1 is 1.21 bits per heavy atom. The molecule has 4 nitrogen and oxygen atoms in total. The van der Waals surface area contributed by atoms with Crippen molar-refractivity contribution in [3.05, 3.63) is 30.3 Å². The Morgan fingerprint density at radius 3 is 2.53 bits per heavy atom. The van der Waals surface area contributed by atoms with Gasteiger partial charge in [0.05, 0.1) is 5.54 Å². The molecule has 1 fully saturated rings. The molecule has 104 valence electrons. The highest BCUT2D eigenvalue weighted by atomic mass is 16.5. The molecule has 0 aliphatic heterocycles. The minimum atomic E-state index is -0.213. The predicted molar refractivity (Wildman–Crippen MR) is 75.0 cm³/mol. The lowest BCUT2D eigenvalue weighted by Crippen LogP contribution is -2.55. The zero-order valence-corrected chi connectivity index (χ0v) is 11.2. The summed E-state index contributed by atoms with van der Waals surface area (Å²) in [4.78, 5) is 12.0. The van der Waals surface area contributed by atoms with E-state index in [0.717, 1.165) is 25.7 Å². The second-order valence-corrected chi connectivity index (χ2v) is 5.20. The number of rotatable bonds is 5. The lowest BCUT2D eigenvalue weighted by molar-refractivity contribution is -0.125. The van der Waals surface area contributed by atoms with Crippen LogP contribution in [0.15, 0.2) is 30.3 Å². The van der Waals surface area contributed by atoms with Crippen molar-refractivity contribution in [2.75, 3.05) is 13.2 Å². The van der Waals surface area contributed by atoms with E-state index in [1.807, 2.05) is 30.3 Å². The largest absolute Gasteiger partial charge is 0.484 e. The first-order chi connectivity index (χ1) is 9.24. The van der Waals surface area contributed by atoms with Crippen LogP contribution >= 0.6 is 0 Å². The molecule has 2 rings (SSSR count). The van der Waals surface area contributed by atoms with Crippen LogP contribution in [0.3, 0.4) is 0 Å². The molecule has 0 aromatic heterocycles. The summed E-state index contributed by atoms with van der Waals surface area (Å²) in [5, 5.41) is 3.06. The summed E-state index contributed by atoms with van der Waals surface area (Å²) >= 11 is 0. The van der Waals surface area contributed by atoms with E-state index in [1.54, 1.807) is 0 Å². The maximum atomic E-state index is 12.0. The molecular weight excluding hydrogens is 240 g/mol. The van der Waals surface area contributed by atoms with Crippen molar-refractivity contribution >= 4 is 5.91 Å². The third-order valence-electron chi connectivity index (χ3n) is 3.72. The molecule has 3 N–H and O–H groups in total. The third kappa shape index (κ3) is 3.96. The van der Waals surface area contributed by atoms with Gasteiger partial charge in [-0.25, -0.2) is 0 Å². The van der Waals surface area contributed by atoms with Gasteiger partial charge in [0, 0.05) is 6.54 Å². The Kier molecular flexibility index (Phi) is 4.80. The average Bonchev–Trinajstić information content (AvgIpc) is 2.47. The van der Waals surface area contributed by atoms with Crippen LogP contribution in [0.2, 0.25) is 0 Å². The van der Waals surface area contributed by atoms with Crippen LogP contribution in [0.5, 0.6) is 5.75 Å². The van der Waals surface area contributed by atoms with E-state index >= 15 is 0 Å². The van der Waals surface area contributed by atoms with Crippen molar-refractivity contribution in [3.63, 3.8) is 0 Å². The molecule has 1 aromatic rings. The highest BCUT2D eigenvalue weighted by molar-refractivity contribution is 5.78. The Bertz CT molecular complexity index is 400. The number of nitrogens with one attached hydrogen (secondary N) is 1. The molecule has 1 saturated carbocycles. The molecule has 0 unspecified atom stereocenters. The molecule has 0 bridgehead atoms. The van der Waals surface area contributed by atoms with Gasteiger partial charge >= 0.3 is 0 Å². The molecule has 1 aliphatic rings. The van der Waals surface area contributed by atoms with Crippen molar-refractivity contribution in [2.45, 2.75) is 37.6 Å². The summed E-state index contributed by atoms with van der Waals surface area (Å²) in [6, 6.07) is 9.36. The maximum Gasteiger partial charge on any atom is 0.258 e. The molecule has 0 atom stereocenters. The van der Waals surface area contributed by atoms with Gasteiger partial charge in [0.25, 0.3) is 5.91 Å². The second-order valence-electron chi connectivity index (χ2n) is 5.20. The highest BCUT2D eigenvalue weighted by Crippen LogP contribution is 2.27. The molecule has 0 saturated heterocycles. The maximum absolute atomic E-state index is 12.0. The van der Waals surface area contributed by atoms with Crippen LogP contribution in [-0.4, -0.2) is 24.6 Å². The Morgan fingerprint density at radius 2 is 1.89 bits per heavy atom. The summed E-state index contributed by atoms with van der Waals surface area (Å²) in [6.45, 7) is 0.551. The van der Waals surface area contributed by atoms with Crippen LogP contribution in [0, 0.1) is 0 Å². The zero-order chi connectivity index (χ0) is 13.6. The zero-order valence-electron chi connectivity index (χ0n) is 11.2. The van der Waals surface area contributed by atoms with E-state index in [-0.39, 0.29) is 18.1 Å². The molecule has 0 spiro atoms. The lowest BCUT2D eigenvalue weighted by atomic mass is 9.81. The molecule has 0 heterocycles. The minimum Gasteiger partial charge on any atom is -0.484 e. The summed E-state index contributed by atoms with van der Waals surface area (Å²) in [5.74, 6) is 0.624. The van der Waals surface area contributed by atoms with Crippen molar-refractivity contribution in [1.82, 2.24) is 5.32 Å². The van der Waals surface area contributed by atoms with Gasteiger partial charge in [0.1, 0.15) is 5.75 Å². The van der Waals surface area contributed by atoms with Crippen molar-refractivity contribution in [1.29, 1.82) is 0 Å². The van der Waals surface area contributed by atoms with Gasteiger partial charge in [-0.05, 0) is 25.0 Å². The van der Waals surface area contributed by atoms with E-state index in [2.05, 4.69) is 5.32 Å². The fourth-order valence-corrected chi connectivity index (χ4v) is 2.61. The van der Waals surface area contributed by atoms with Gasteiger partial charge < -0.3 is 15.8 Å². The number of ether oxygens (including phenoxy) is 1. The first kappa shape index (κ1) is 13.9. The molecule has 19 heavy (non-hydrogen) atoms. The van der Waals surface area contributed by atoms with Crippen LogP contribution in [0.4, 0.5) is 0 Å². The number of benzene rings is 1. The summed E-state index contributed by atoms with van der Waals surface area (Å²) < 4.78 is 5.45. The van der Waals surface area contributed by atoms with E-state index in [0.29, 0.717) is 12.3 Å². The van der Waals surface area contributed by atoms with Gasteiger partial charge in [-0.3, -0.25) is 4.79 Å². The quantitative estimate of drug-likeness (QED) is 0.851. The van der Waals surface area contributed by atoms with Crippen LogP contribution in [0.1, 0.15) is 32.1 Å². The van der Waals surface area contributed by atoms with E-state index in [9.17, 15) is 4.79 Å². The molecular formula is C15H22N2O2. The first-order valence-electron chi connectivity index (χ1n) is 6.93. The van der Waals surface area contributed by atoms with Gasteiger partial charge in [-0.2, -0.15) is 0 Å². The summed E-state index contributed by atoms with van der Waals surface area (Å²) in [6.07, 6.45) is 5.45.